The molecule has 2 aliphatic carbocycles. The first-order chi connectivity index (χ1) is 17.0. The zero-order valence-electron chi connectivity index (χ0n) is 21.3. The van der Waals surface area contributed by atoms with Crippen molar-refractivity contribution in [2.75, 3.05) is 38.7 Å². The summed E-state index contributed by atoms with van der Waals surface area (Å²) in [5.74, 6) is -1.09. The number of ether oxygens (including phenoxy) is 1. The number of aromatic nitrogens is 1. The van der Waals surface area contributed by atoms with Crippen molar-refractivity contribution in [2.24, 2.45) is 28.4 Å². The van der Waals surface area contributed by atoms with Crippen LogP contribution in [0.1, 0.15) is 62.4 Å². The number of methoxy groups -OCH3 is 1. The van der Waals surface area contributed by atoms with Gasteiger partial charge in [-0.3, -0.25) is 19.7 Å². The van der Waals surface area contributed by atoms with Crippen molar-refractivity contribution in [1.82, 2.24) is 9.88 Å². The Labute approximate surface area is 215 Å². The van der Waals surface area contributed by atoms with E-state index < -0.39 is 11.5 Å². The standard InChI is InChI=1S/C25H38N4O6S/c1-24-7-4-18(31)25(2,13-30)17(24)11-16-21(28-23(36-16)27-19(32)12-35-3)15(24)10-20(33)29-8-5-14(6-9-29)22(26)34/h14-15,17-18,30-31H,4-13H2,1-3H3,(H2,26,34)(H,27,28,32). The molecule has 10 nitrogen and oxygen atoms in total. The summed E-state index contributed by atoms with van der Waals surface area (Å²) in [5, 5.41) is 24.6. The highest BCUT2D eigenvalue weighted by Crippen LogP contribution is 2.63. The second kappa shape index (κ2) is 10.4. The number of aliphatic hydroxyl groups excluding tert-OH is 2. The van der Waals surface area contributed by atoms with Gasteiger partial charge in [-0.2, -0.15) is 0 Å². The van der Waals surface area contributed by atoms with E-state index in [1.165, 1.54) is 18.4 Å². The number of carbonyl (C=O) groups is 3. The number of hydrogen-bond acceptors (Lipinski definition) is 8. The lowest BCUT2D eigenvalue weighted by molar-refractivity contribution is -0.148. The van der Waals surface area contributed by atoms with Crippen molar-refractivity contribution >= 4 is 34.2 Å². The van der Waals surface area contributed by atoms with E-state index in [2.05, 4.69) is 12.2 Å². The van der Waals surface area contributed by atoms with Crippen LogP contribution in [0.25, 0.3) is 0 Å². The monoisotopic (exact) mass is 522 g/mol. The van der Waals surface area contributed by atoms with Crippen LogP contribution in [0.2, 0.25) is 0 Å². The largest absolute Gasteiger partial charge is 0.396 e. The van der Waals surface area contributed by atoms with Gasteiger partial charge >= 0.3 is 0 Å². The molecule has 2 fully saturated rings. The average molecular weight is 523 g/mol. The first kappa shape index (κ1) is 27.0. The van der Waals surface area contributed by atoms with Gasteiger partial charge < -0.3 is 25.6 Å². The molecule has 36 heavy (non-hydrogen) atoms. The molecule has 2 heterocycles. The topological polar surface area (TPSA) is 155 Å². The van der Waals surface area contributed by atoms with Crippen molar-refractivity contribution in [2.45, 2.75) is 64.4 Å². The molecular weight excluding hydrogens is 484 g/mol. The van der Waals surface area contributed by atoms with E-state index in [1.54, 1.807) is 0 Å². The molecule has 1 aromatic heterocycles. The fourth-order valence-corrected chi connectivity index (χ4v) is 7.79. The minimum absolute atomic E-state index is 0.00513. The predicted molar refractivity (Wildman–Crippen MR) is 134 cm³/mol. The van der Waals surface area contributed by atoms with Crippen LogP contribution in [0, 0.1) is 22.7 Å². The van der Waals surface area contributed by atoms with E-state index in [0.29, 0.717) is 50.3 Å². The van der Waals surface area contributed by atoms with Gasteiger partial charge in [-0.05, 0) is 43.4 Å². The lowest BCUT2D eigenvalue weighted by Crippen LogP contribution is -2.58. The molecule has 3 amide bonds. The number of nitrogens with two attached hydrogens (primary N) is 1. The number of carbonyl (C=O) groups excluding carboxylic acids is 3. The number of amides is 3. The quantitative estimate of drug-likeness (QED) is 0.420. The lowest BCUT2D eigenvalue weighted by atomic mass is 9.47. The number of thiazole rings is 1. The Bertz CT molecular complexity index is 1010. The highest BCUT2D eigenvalue weighted by molar-refractivity contribution is 7.15. The highest BCUT2D eigenvalue weighted by Gasteiger charge is 2.59. The highest BCUT2D eigenvalue weighted by atomic mass is 32.1. The van der Waals surface area contributed by atoms with E-state index in [1.807, 2.05) is 11.8 Å². The molecular formula is C25H38N4O6S. The smallest absolute Gasteiger partial charge is 0.252 e. The van der Waals surface area contributed by atoms with Gasteiger partial charge in [0.2, 0.25) is 11.8 Å². The van der Waals surface area contributed by atoms with Crippen LogP contribution in [0.4, 0.5) is 5.13 Å². The Kier molecular flexibility index (Phi) is 7.76. The molecule has 3 aliphatic rings. The first-order valence-electron chi connectivity index (χ1n) is 12.7. The molecule has 0 radical (unpaired) electrons. The van der Waals surface area contributed by atoms with Crippen molar-refractivity contribution in [3.63, 3.8) is 0 Å². The van der Waals surface area contributed by atoms with Crippen LogP contribution in [0.3, 0.4) is 0 Å². The van der Waals surface area contributed by atoms with Gasteiger partial charge in [0.25, 0.3) is 5.91 Å². The molecule has 5 atom stereocenters. The van der Waals surface area contributed by atoms with Crippen LogP contribution >= 0.6 is 11.3 Å². The maximum Gasteiger partial charge on any atom is 0.252 e. The molecule has 1 saturated carbocycles. The van der Waals surface area contributed by atoms with Crippen molar-refractivity contribution in [3.8, 4) is 0 Å². The summed E-state index contributed by atoms with van der Waals surface area (Å²) in [5.41, 5.74) is 5.20. The molecule has 4 rings (SSSR count). The zero-order chi connectivity index (χ0) is 26.3. The van der Waals surface area contributed by atoms with E-state index in [9.17, 15) is 24.6 Å². The molecule has 11 heteroatoms. The van der Waals surface area contributed by atoms with Crippen LogP contribution in [-0.4, -0.2) is 77.3 Å². The van der Waals surface area contributed by atoms with Gasteiger partial charge in [0.05, 0.1) is 18.4 Å². The average Bonchev–Trinajstić information content (AvgIpc) is 3.24. The molecule has 200 valence electrons. The maximum atomic E-state index is 13.5. The molecule has 5 N–H and O–H groups in total. The third-order valence-electron chi connectivity index (χ3n) is 9.04. The summed E-state index contributed by atoms with van der Waals surface area (Å²) < 4.78 is 4.92. The van der Waals surface area contributed by atoms with Crippen LogP contribution in [-0.2, 0) is 25.5 Å². The Morgan fingerprint density at radius 3 is 2.56 bits per heavy atom. The second-order valence-electron chi connectivity index (χ2n) is 11.1. The minimum atomic E-state index is -0.713. The minimum Gasteiger partial charge on any atom is -0.396 e. The normalized spacial score (nSPS) is 32.5. The van der Waals surface area contributed by atoms with Crippen LogP contribution in [0.15, 0.2) is 0 Å². The van der Waals surface area contributed by atoms with E-state index in [0.717, 1.165) is 10.6 Å². The molecule has 5 unspecified atom stereocenters. The summed E-state index contributed by atoms with van der Waals surface area (Å²) in [7, 11) is 1.45. The number of piperidine rings is 1. The number of primary amides is 1. The Hall–Kier alpha value is -2.08. The van der Waals surface area contributed by atoms with Crippen molar-refractivity contribution < 1.29 is 29.3 Å². The number of likely N-dealkylation sites (tertiary alicyclic amines) is 1. The number of anilines is 1. The molecule has 1 aromatic rings. The van der Waals surface area contributed by atoms with Gasteiger partial charge in [-0.15, -0.1) is 11.3 Å². The SMILES string of the molecule is COCC(=O)Nc1nc2c(s1)CC1C(C)(CO)C(O)CCC1(C)C2CC(=O)N1CCC(C(N)=O)CC1. The Balaban J connectivity index is 1.65. The summed E-state index contributed by atoms with van der Waals surface area (Å²) in [6.07, 6.45) is 2.60. The third kappa shape index (κ3) is 4.78. The van der Waals surface area contributed by atoms with Gasteiger partial charge in [0, 0.05) is 48.7 Å². The number of rotatable bonds is 7. The number of nitrogens with zero attached hydrogens (tertiary/aromatic N) is 2. The number of hydrogen-bond donors (Lipinski definition) is 4. The zero-order valence-corrected chi connectivity index (χ0v) is 22.1. The Morgan fingerprint density at radius 2 is 1.94 bits per heavy atom. The third-order valence-corrected chi connectivity index (χ3v) is 10.1. The van der Waals surface area contributed by atoms with Gasteiger partial charge in [-0.1, -0.05) is 13.8 Å². The fourth-order valence-electron chi connectivity index (χ4n) is 6.70. The fraction of sp³-hybridized carbons (Fsp3) is 0.760. The van der Waals surface area contributed by atoms with Gasteiger partial charge in [-0.25, -0.2) is 4.98 Å². The summed E-state index contributed by atoms with van der Waals surface area (Å²) in [4.78, 5) is 44.8. The summed E-state index contributed by atoms with van der Waals surface area (Å²) in [6, 6.07) is 0. The molecule has 0 spiro atoms. The van der Waals surface area contributed by atoms with E-state index in [4.69, 9.17) is 15.5 Å². The lowest BCUT2D eigenvalue weighted by Gasteiger charge is -2.58. The molecule has 0 bridgehead atoms. The van der Waals surface area contributed by atoms with Gasteiger partial charge in [0.1, 0.15) is 6.61 Å². The number of fused-ring (bicyclic) bond motifs is 2. The number of aliphatic hydroxyl groups is 2. The molecule has 1 aliphatic heterocycles. The van der Waals surface area contributed by atoms with E-state index >= 15 is 0 Å². The van der Waals surface area contributed by atoms with Crippen molar-refractivity contribution in [1.29, 1.82) is 0 Å². The number of nitrogens with one attached hydrogen (secondary N) is 1. The predicted octanol–water partition coefficient (Wildman–Crippen LogP) is 1.26. The first-order valence-corrected chi connectivity index (χ1v) is 13.5. The molecule has 1 saturated heterocycles. The van der Waals surface area contributed by atoms with Crippen molar-refractivity contribution in [3.05, 3.63) is 10.6 Å². The van der Waals surface area contributed by atoms with Gasteiger partial charge in [0.15, 0.2) is 5.13 Å². The summed E-state index contributed by atoms with van der Waals surface area (Å²) in [6.45, 7) is 4.84. The van der Waals surface area contributed by atoms with Crippen LogP contribution in [0.5, 0.6) is 0 Å². The maximum absolute atomic E-state index is 13.5. The second-order valence-corrected chi connectivity index (χ2v) is 12.2. The van der Waals surface area contributed by atoms with E-state index in [-0.39, 0.29) is 60.5 Å². The Morgan fingerprint density at radius 1 is 1.25 bits per heavy atom. The molecule has 0 aromatic carbocycles. The van der Waals surface area contributed by atoms with Crippen LogP contribution < -0.4 is 11.1 Å². The summed E-state index contributed by atoms with van der Waals surface area (Å²) >= 11 is 1.39.